The van der Waals surface area contributed by atoms with Gasteiger partial charge in [0.05, 0.1) is 18.0 Å². The molecule has 5 atom stereocenters. The number of carbonyl (C=O) groups is 3. The van der Waals surface area contributed by atoms with E-state index in [2.05, 4.69) is 15.2 Å². The third-order valence-electron chi connectivity index (χ3n) is 8.15. The molecule has 0 spiro atoms. The molecule has 2 aromatic rings. The number of aromatic amines is 1. The minimum Gasteiger partial charge on any atom is -0.340 e. The first-order chi connectivity index (χ1) is 15.6. The van der Waals surface area contributed by atoms with Crippen molar-refractivity contribution in [1.82, 2.24) is 25.0 Å². The lowest BCUT2D eigenvalue weighted by molar-refractivity contribution is -0.147. The largest absolute Gasteiger partial charge is 0.340 e. The summed E-state index contributed by atoms with van der Waals surface area (Å²) < 4.78 is 0. The van der Waals surface area contributed by atoms with Crippen molar-refractivity contribution < 1.29 is 14.4 Å². The molecule has 166 valence electrons. The Labute approximate surface area is 186 Å². The molecule has 3 amide bonds. The van der Waals surface area contributed by atoms with Crippen LogP contribution in [0.4, 0.5) is 0 Å². The molecule has 0 aromatic carbocycles. The highest BCUT2D eigenvalue weighted by Gasteiger charge is 2.61. The van der Waals surface area contributed by atoms with E-state index < -0.39 is 0 Å². The Balaban J connectivity index is 1.16. The average Bonchev–Trinajstić information content (AvgIpc) is 3.61. The van der Waals surface area contributed by atoms with Crippen molar-refractivity contribution in [3.63, 3.8) is 0 Å². The van der Waals surface area contributed by atoms with E-state index >= 15 is 0 Å². The van der Waals surface area contributed by atoms with Crippen molar-refractivity contribution in [3.8, 4) is 11.1 Å². The summed E-state index contributed by atoms with van der Waals surface area (Å²) in [6.07, 6.45) is 10.3. The maximum Gasteiger partial charge on any atom is 0.242 e. The van der Waals surface area contributed by atoms with Crippen LogP contribution in [0.1, 0.15) is 43.7 Å². The standard InChI is InChI=1S/C24H27N5O3/c30-19(13-29-23(31)20-15-3-4-16(10-15)21(20)24(29)32)28-9-1-2-17(12-28)22-18(11-26-27-22)14-5-7-25-8-6-14/h5-8,11,15-17,20-21H,1-4,9-10,12-13H2,(H,26,27)/t15-,16-,17-,20-,21+/m0/s1. The number of likely N-dealkylation sites (tertiary alicyclic amines) is 2. The van der Waals surface area contributed by atoms with E-state index in [4.69, 9.17) is 0 Å². The average molecular weight is 434 g/mol. The zero-order valence-electron chi connectivity index (χ0n) is 17.9. The van der Waals surface area contributed by atoms with E-state index in [1.54, 1.807) is 12.4 Å². The predicted molar refractivity (Wildman–Crippen MR) is 115 cm³/mol. The van der Waals surface area contributed by atoms with Gasteiger partial charge in [-0.25, -0.2) is 0 Å². The van der Waals surface area contributed by atoms with Gasteiger partial charge in [0.1, 0.15) is 6.54 Å². The molecule has 32 heavy (non-hydrogen) atoms. The van der Waals surface area contributed by atoms with E-state index in [0.29, 0.717) is 24.9 Å². The second kappa shape index (κ2) is 7.53. The number of piperidine rings is 1. The van der Waals surface area contributed by atoms with Gasteiger partial charge in [-0.2, -0.15) is 5.10 Å². The summed E-state index contributed by atoms with van der Waals surface area (Å²) in [7, 11) is 0. The third-order valence-corrected chi connectivity index (χ3v) is 8.15. The van der Waals surface area contributed by atoms with Gasteiger partial charge in [-0.1, -0.05) is 0 Å². The number of nitrogens with zero attached hydrogens (tertiary/aromatic N) is 4. The summed E-state index contributed by atoms with van der Waals surface area (Å²) in [5, 5.41) is 7.39. The van der Waals surface area contributed by atoms with E-state index in [-0.39, 0.29) is 42.0 Å². The van der Waals surface area contributed by atoms with E-state index in [1.807, 2.05) is 23.2 Å². The Morgan fingerprint density at radius 3 is 2.50 bits per heavy atom. The Kier molecular flexibility index (Phi) is 4.62. The van der Waals surface area contributed by atoms with Crippen molar-refractivity contribution >= 4 is 17.7 Å². The van der Waals surface area contributed by atoms with Crippen molar-refractivity contribution in [3.05, 3.63) is 36.4 Å². The van der Waals surface area contributed by atoms with Crippen LogP contribution >= 0.6 is 0 Å². The molecule has 0 unspecified atom stereocenters. The number of imide groups is 1. The summed E-state index contributed by atoms with van der Waals surface area (Å²) in [4.78, 5) is 46.3. The second-order valence-corrected chi connectivity index (χ2v) is 9.76. The van der Waals surface area contributed by atoms with Crippen molar-refractivity contribution in [1.29, 1.82) is 0 Å². The monoisotopic (exact) mass is 433 g/mol. The maximum atomic E-state index is 13.2. The zero-order valence-corrected chi connectivity index (χ0v) is 17.9. The number of H-pyrrole nitrogens is 1. The Morgan fingerprint density at radius 2 is 1.78 bits per heavy atom. The van der Waals surface area contributed by atoms with Crippen LogP contribution in [0.25, 0.3) is 11.1 Å². The van der Waals surface area contributed by atoms with Crippen LogP contribution in [0.3, 0.4) is 0 Å². The molecule has 4 heterocycles. The van der Waals surface area contributed by atoms with Gasteiger partial charge in [-0.3, -0.25) is 29.4 Å². The van der Waals surface area contributed by atoms with Crippen LogP contribution in [0.15, 0.2) is 30.7 Å². The molecule has 6 rings (SSSR count). The first kappa shape index (κ1) is 19.6. The van der Waals surface area contributed by atoms with Crippen LogP contribution in [-0.4, -0.2) is 62.3 Å². The van der Waals surface area contributed by atoms with Gasteiger partial charge in [-0.05, 0) is 61.6 Å². The highest BCUT2D eigenvalue weighted by molar-refractivity contribution is 6.08. The molecule has 2 aromatic heterocycles. The number of pyridine rings is 1. The van der Waals surface area contributed by atoms with Crippen molar-refractivity contribution in [2.24, 2.45) is 23.7 Å². The second-order valence-electron chi connectivity index (χ2n) is 9.76. The molecule has 8 heteroatoms. The summed E-state index contributed by atoms with van der Waals surface area (Å²) >= 11 is 0. The molecule has 4 aliphatic rings. The molecule has 2 saturated carbocycles. The normalized spacial score (nSPS) is 31.4. The van der Waals surface area contributed by atoms with E-state index in [1.165, 1.54) is 4.90 Å². The van der Waals surface area contributed by atoms with Crippen molar-refractivity contribution in [2.45, 2.75) is 38.0 Å². The Hall–Kier alpha value is -3.03. The molecule has 2 aliphatic heterocycles. The molecule has 2 aliphatic carbocycles. The fourth-order valence-electron chi connectivity index (χ4n) is 6.67. The lowest BCUT2D eigenvalue weighted by atomic mass is 9.81. The Bertz CT molecular complexity index is 1040. The number of hydrogen-bond acceptors (Lipinski definition) is 5. The fourth-order valence-corrected chi connectivity index (χ4v) is 6.67. The maximum absolute atomic E-state index is 13.2. The van der Waals surface area contributed by atoms with Crippen LogP contribution in [0, 0.1) is 23.7 Å². The fraction of sp³-hybridized carbons (Fsp3) is 0.542. The summed E-state index contributed by atoms with van der Waals surface area (Å²) in [6.45, 7) is 1.10. The molecule has 1 N–H and O–H groups in total. The summed E-state index contributed by atoms with van der Waals surface area (Å²) in [6, 6.07) is 3.91. The van der Waals surface area contributed by atoms with Crippen molar-refractivity contribution in [2.75, 3.05) is 19.6 Å². The first-order valence-electron chi connectivity index (χ1n) is 11.7. The number of hydrogen-bond donors (Lipinski definition) is 1. The van der Waals surface area contributed by atoms with Gasteiger partial charge >= 0.3 is 0 Å². The van der Waals surface area contributed by atoms with Gasteiger partial charge in [0.2, 0.25) is 17.7 Å². The molecule has 8 nitrogen and oxygen atoms in total. The van der Waals surface area contributed by atoms with Crippen LogP contribution in [0.2, 0.25) is 0 Å². The number of carbonyl (C=O) groups excluding carboxylic acids is 3. The molecule has 2 bridgehead atoms. The SMILES string of the molecule is O=C(CN1C(=O)[C@@H]2[C@H]3CC[C@@H](C3)[C@@H]2C1=O)N1CCC[C@H](c2[nH]ncc2-c2ccncc2)C1. The quantitative estimate of drug-likeness (QED) is 0.746. The number of aromatic nitrogens is 3. The van der Waals surface area contributed by atoms with E-state index in [0.717, 1.165) is 48.9 Å². The summed E-state index contributed by atoms with van der Waals surface area (Å²) in [5.74, 6) is 0.130. The number of fused-ring (bicyclic) bond motifs is 5. The minimum absolute atomic E-state index is 0.109. The Morgan fingerprint density at radius 1 is 1.06 bits per heavy atom. The molecular weight excluding hydrogens is 406 g/mol. The molecule has 4 fully saturated rings. The van der Waals surface area contributed by atoms with Gasteiger partial charge in [0.15, 0.2) is 0 Å². The van der Waals surface area contributed by atoms with Crippen LogP contribution < -0.4 is 0 Å². The van der Waals surface area contributed by atoms with Crippen LogP contribution in [-0.2, 0) is 14.4 Å². The molecule has 2 saturated heterocycles. The topological polar surface area (TPSA) is 99.3 Å². The highest BCUT2D eigenvalue weighted by Crippen LogP contribution is 2.56. The number of rotatable bonds is 4. The third kappa shape index (κ3) is 2.99. The predicted octanol–water partition coefficient (Wildman–Crippen LogP) is 2.21. The molecule has 0 radical (unpaired) electrons. The summed E-state index contributed by atoms with van der Waals surface area (Å²) in [5.41, 5.74) is 3.09. The minimum atomic E-state index is -0.170. The lowest BCUT2D eigenvalue weighted by Crippen LogP contribution is -2.46. The van der Waals surface area contributed by atoms with E-state index in [9.17, 15) is 14.4 Å². The zero-order chi connectivity index (χ0) is 21.8. The van der Waals surface area contributed by atoms with Crippen LogP contribution in [0.5, 0.6) is 0 Å². The first-order valence-corrected chi connectivity index (χ1v) is 11.7. The van der Waals surface area contributed by atoms with Gasteiger partial charge in [0, 0.05) is 42.7 Å². The lowest BCUT2D eigenvalue weighted by Gasteiger charge is -2.33. The van der Waals surface area contributed by atoms with Gasteiger partial charge < -0.3 is 4.90 Å². The highest BCUT2D eigenvalue weighted by atomic mass is 16.2. The van der Waals surface area contributed by atoms with Gasteiger partial charge in [-0.15, -0.1) is 0 Å². The molecular formula is C24H27N5O3. The number of nitrogens with one attached hydrogen (secondary N) is 1. The van der Waals surface area contributed by atoms with Gasteiger partial charge in [0.25, 0.3) is 0 Å². The number of amides is 3. The smallest absolute Gasteiger partial charge is 0.242 e.